The average molecular weight is 422 g/mol. The van der Waals surface area contributed by atoms with Crippen LogP contribution in [0.3, 0.4) is 0 Å². The monoisotopic (exact) mass is 421 g/mol. The van der Waals surface area contributed by atoms with Gasteiger partial charge in [0, 0.05) is 35.4 Å². The molecule has 7 heteroatoms. The van der Waals surface area contributed by atoms with Gasteiger partial charge in [-0.2, -0.15) is 0 Å². The number of aliphatic hydroxyl groups excluding tert-OH is 1. The molecule has 0 saturated carbocycles. The first-order valence-corrected chi connectivity index (χ1v) is 9.91. The van der Waals surface area contributed by atoms with Crippen LogP contribution >= 0.6 is 11.6 Å². The molecule has 0 radical (unpaired) electrons. The molecule has 152 valence electrons. The average Bonchev–Trinajstić information content (AvgIpc) is 3.34. The van der Waals surface area contributed by atoms with E-state index in [2.05, 4.69) is 9.97 Å². The van der Waals surface area contributed by atoms with E-state index in [0.29, 0.717) is 29.1 Å². The molecule has 3 aromatic rings. The lowest BCUT2D eigenvalue weighted by atomic mass is 9.95. The number of carbonyl (C=O) groups is 2. The summed E-state index contributed by atoms with van der Waals surface area (Å²) in [5.74, 6) is -1.52. The van der Waals surface area contributed by atoms with Gasteiger partial charge < -0.3 is 15.0 Å². The topological polar surface area (TPSA) is 86.3 Å². The van der Waals surface area contributed by atoms with Gasteiger partial charge >= 0.3 is 0 Å². The Bertz CT molecular complexity index is 1100. The van der Waals surface area contributed by atoms with E-state index in [-0.39, 0.29) is 11.3 Å². The van der Waals surface area contributed by atoms with E-state index >= 15 is 0 Å². The number of aromatic nitrogens is 2. The quantitative estimate of drug-likeness (QED) is 0.370. The molecule has 1 saturated heterocycles. The number of nitrogens with one attached hydrogen (secondary N) is 1. The van der Waals surface area contributed by atoms with Crippen molar-refractivity contribution in [3.05, 3.63) is 94.0 Å². The van der Waals surface area contributed by atoms with Crippen LogP contribution < -0.4 is 0 Å². The van der Waals surface area contributed by atoms with E-state index in [1.807, 2.05) is 19.1 Å². The Morgan fingerprint density at radius 3 is 2.47 bits per heavy atom. The van der Waals surface area contributed by atoms with Crippen molar-refractivity contribution >= 4 is 29.1 Å². The Labute approximate surface area is 178 Å². The van der Waals surface area contributed by atoms with Gasteiger partial charge in [-0.25, -0.2) is 4.98 Å². The summed E-state index contributed by atoms with van der Waals surface area (Å²) in [4.78, 5) is 34.3. The Morgan fingerprint density at radius 1 is 1.13 bits per heavy atom. The maximum Gasteiger partial charge on any atom is 0.295 e. The number of halogens is 1. The highest BCUT2D eigenvalue weighted by molar-refractivity contribution is 6.46. The van der Waals surface area contributed by atoms with Crippen molar-refractivity contribution in [1.82, 2.24) is 14.9 Å². The molecule has 30 heavy (non-hydrogen) atoms. The molecule has 2 N–H and O–H groups in total. The molecular formula is C23H20ClN3O3. The van der Waals surface area contributed by atoms with Crippen LogP contribution in [-0.2, 0) is 16.0 Å². The maximum atomic E-state index is 13.0. The fraction of sp³-hybridized carbons (Fsp3) is 0.174. The normalized spacial score (nSPS) is 18.2. The molecule has 2 heterocycles. The number of ketones is 1. The lowest BCUT2D eigenvalue weighted by Crippen LogP contribution is -2.31. The number of aromatic amines is 1. The summed E-state index contributed by atoms with van der Waals surface area (Å²) in [6.07, 6.45) is 3.75. The number of carbonyl (C=O) groups excluding carboxylic acids is 2. The fourth-order valence-corrected chi connectivity index (χ4v) is 3.76. The molecule has 0 spiro atoms. The molecule has 0 bridgehead atoms. The molecule has 0 aliphatic carbocycles. The van der Waals surface area contributed by atoms with Gasteiger partial charge in [-0.1, -0.05) is 53.6 Å². The minimum atomic E-state index is -0.702. The van der Waals surface area contributed by atoms with Crippen molar-refractivity contribution in [2.45, 2.75) is 19.4 Å². The lowest BCUT2D eigenvalue weighted by Gasteiger charge is -2.25. The molecule has 1 aliphatic rings. The second-order valence-electron chi connectivity index (χ2n) is 7.24. The van der Waals surface area contributed by atoms with Crippen molar-refractivity contribution < 1.29 is 14.7 Å². The number of Topliss-reactive ketones (excluding diaryl/α,β-unsaturated/α-hetero) is 1. The SMILES string of the molecule is Cc1ccc(C(O)=C2C(=O)C(=O)N(CCc3cnc[nH]3)C2c2ccc(Cl)cc2)cc1. The van der Waals surface area contributed by atoms with Gasteiger partial charge in [0.05, 0.1) is 17.9 Å². The maximum absolute atomic E-state index is 13.0. The van der Waals surface area contributed by atoms with E-state index < -0.39 is 17.7 Å². The molecule has 1 atom stereocenters. The second kappa shape index (κ2) is 8.16. The molecule has 6 nitrogen and oxygen atoms in total. The number of aryl methyl sites for hydroxylation is 1. The number of amides is 1. The molecule has 1 amide bonds. The van der Waals surface area contributed by atoms with Gasteiger partial charge in [-0.05, 0) is 24.6 Å². The number of hydrogen-bond acceptors (Lipinski definition) is 4. The molecule has 1 aromatic heterocycles. The Hall–Kier alpha value is -3.38. The Balaban J connectivity index is 1.79. The predicted molar refractivity (Wildman–Crippen MR) is 114 cm³/mol. The van der Waals surface area contributed by atoms with E-state index in [1.165, 1.54) is 4.90 Å². The number of rotatable bonds is 5. The van der Waals surface area contributed by atoms with Crippen LogP contribution in [0.1, 0.15) is 28.4 Å². The summed E-state index contributed by atoms with van der Waals surface area (Å²) in [6.45, 7) is 2.23. The standard InChI is InChI=1S/C23H20ClN3O3/c1-14-2-4-16(5-3-14)21(28)19-20(15-6-8-17(24)9-7-15)27(23(30)22(19)29)11-10-18-12-25-13-26-18/h2-9,12-13,20,28H,10-11H2,1H3,(H,25,26). The zero-order valence-electron chi connectivity index (χ0n) is 16.3. The zero-order valence-corrected chi connectivity index (χ0v) is 17.1. The summed E-state index contributed by atoms with van der Waals surface area (Å²) >= 11 is 6.03. The van der Waals surface area contributed by atoms with Crippen LogP contribution in [-0.4, -0.2) is 38.2 Å². The lowest BCUT2D eigenvalue weighted by molar-refractivity contribution is -0.139. The number of imidazole rings is 1. The largest absolute Gasteiger partial charge is 0.507 e. The van der Waals surface area contributed by atoms with Gasteiger partial charge in [0.2, 0.25) is 0 Å². The zero-order chi connectivity index (χ0) is 21.3. The summed E-state index contributed by atoms with van der Waals surface area (Å²) in [5, 5.41) is 11.5. The molecule has 1 unspecified atom stereocenters. The van der Waals surface area contributed by atoms with Crippen LogP contribution in [0, 0.1) is 6.92 Å². The third-order valence-electron chi connectivity index (χ3n) is 5.23. The summed E-state index contributed by atoms with van der Waals surface area (Å²) < 4.78 is 0. The summed E-state index contributed by atoms with van der Waals surface area (Å²) in [5.41, 5.74) is 3.16. The Morgan fingerprint density at radius 2 is 1.83 bits per heavy atom. The molecule has 1 aliphatic heterocycles. The molecule has 2 aromatic carbocycles. The number of nitrogens with zero attached hydrogens (tertiary/aromatic N) is 2. The van der Waals surface area contributed by atoms with Crippen LogP contribution in [0.25, 0.3) is 5.76 Å². The van der Waals surface area contributed by atoms with Gasteiger partial charge in [0.1, 0.15) is 5.76 Å². The predicted octanol–water partition coefficient (Wildman–Crippen LogP) is 4.04. The number of likely N-dealkylation sites (tertiary alicyclic amines) is 1. The third kappa shape index (κ3) is 3.74. The molecular weight excluding hydrogens is 402 g/mol. The number of benzene rings is 2. The first-order chi connectivity index (χ1) is 14.5. The highest BCUT2D eigenvalue weighted by Gasteiger charge is 2.45. The van der Waals surface area contributed by atoms with Crippen LogP contribution in [0.4, 0.5) is 0 Å². The van der Waals surface area contributed by atoms with E-state index in [0.717, 1.165) is 11.3 Å². The van der Waals surface area contributed by atoms with Crippen LogP contribution in [0.15, 0.2) is 66.6 Å². The summed E-state index contributed by atoms with van der Waals surface area (Å²) in [7, 11) is 0. The van der Waals surface area contributed by atoms with E-state index in [9.17, 15) is 14.7 Å². The smallest absolute Gasteiger partial charge is 0.295 e. The van der Waals surface area contributed by atoms with Gasteiger partial charge in [0.25, 0.3) is 11.7 Å². The van der Waals surface area contributed by atoms with Crippen molar-refractivity contribution in [2.75, 3.05) is 6.54 Å². The summed E-state index contributed by atoms with van der Waals surface area (Å²) in [6, 6.07) is 13.4. The van der Waals surface area contributed by atoms with Gasteiger partial charge in [-0.15, -0.1) is 0 Å². The molecule has 1 fully saturated rings. The number of aliphatic hydroxyl groups is 1. The number of hydrogen-bond donors (Lipinski definition) is 2. The Kier molecular flexibility index (Phi) is 5.42. The van der Waals surface area contributed by atoms with E-state index in [1.54, 1.807) is 48.9 Å². The fourth-order valence-electron chi connectivity index (χ4n) is 3.63. The first-order valence-electron chi connectivity index (χ1n) is 9.54. The van der Waals surface area contributed by atoms with Crippen molar-refractivity contribution in [2.24, 2.45) is 0 Å². The van der Waals surface area contributed by atoms with E-state index in [4.69, 9.17) is 11.6 Å². The van der Waals surface area contributed by atoms with Crippen LogP contribution in [0.2, 0.25) is 5.02 Å². The van der Waals surface area contributed by atoms with Crippen molar-refractivity contribution in [3.63, 3.8) is 0 Å². The highest BCUT2D eigenvalue weighted by atomic mass is 35.5. The van der Waals surface area contributed by atoms with Gasteiger partial charge in [0.15, 0.2) is 0 Å². The molecule has 4 rings (SSSR count). The van der Waals surface area contributed by atoms with Gasteiger partial charge in [-0.3, -0.25) is 9.59 Å². The minimum Gasteiger partial charge on any atom is -0.507 e. The number of H-pyrrole nitrogens is 1. The van der Waals surface area contributed by atoms with Crippen LogP contribution in [0.5, 0.6) is 0 Å². The van der Waals surface area contributed by atoms with Crippen molar-refractivity contribution in [3.8, 4) is 0 Å². The minimum absolute atomic E-state index is 0.0794. The third-order valence-corrected chi connectivity index (χ3v) is 5.48. The second-order valence-corrected chi connectivity index (χ2v) is 7.67. The van der Waals surface area contributed by atoms with Crippen molar-refractivity contribution in [1.29, 1.82) is 0 Å². The highest BCUT2D eigenvalue weighted by Crippen LogP contribution is 2.39. The first kappa shape index (κ1) is 19.9.